The van der Waals surface area contributed by atoms with Crippen LogP contribution in [0.1, 0.15) is 51.3 Å². The van der Waals surface area contributed by atoms with Crippen LogP contribution in [0.4, 0.5) is 10.5 Å². The van der Waals surface area contributed by atoms with E-state index in [1.165, 1.54) is 0 Å². The van der Waals surface area contributed by atoms with Gasteiger partial charge in [-0.3, -0.25) is 0 Å². The molecule has 0 radical (unpaired) electrons. The number of benzene rings is 2. The lowest BCUT2D eigenvalue weighted by molar-refractivity contribution is 0.0148. The van der Waals surface area contributed by atoms with Crippen LogP contribution in [0.3, 0.4) is 0 Å². The van der Waals surface area contributed by atoms with Crippen LogP contribution in [0, 0.1) is 11.3 Å². The molecule has 7 nitrogen and oxygen atoms in total. The van der Waals surface area contributed by atoms with Crippen molar-refractivity contribution in [3.05, 3.63) is 53.1 Å². The number of carbonyl (C=O) groups excluding carboxylic acids is 1. The molecule has 1 atom stereocenters. The van der Waals surface area contributed by atoms with E-state index in [0.29, 0.717) is 43.2 Å². The van der Waals surface area contributed by atoms with E-state index in [-0.39, 0.29) is 12.1 Å². The minimum absolute atomic E-state index is 0.153. The zero-order valence-corrected chi connectivity index (χ0v) is 20.8. The number of hydrogen-bond acceptors (Lipinski definition) is 6. The van der Waals surface area contributed by atoms with Crippen LogP contribution in [0.2, 0.25) is 0 Å². The Balaban J connectivity index is 1.74. The zero-order chi connectivity index (χ0) is 24.7. The first-order chi connectivity index (χ1) is 16.2. The molecule has 7 heteroatoms. The number of ether oxygens (including phenoxy) is 3. The summed E-state index contributed by atoms with van der Waals surface area (Å²) < 4.78 is 17.3. The highest BCUT2D eigenvalue weighted by Crippen LogP contribution is 2.29. The predicted octanol–water partition coefficient (Wildman–Crippen LogP) is 5.17. The van der Waals surface area contributed by atoms with Crippen molar-refractivity contribution in [3.63, 3.8) is 0 Å². The maximum atomic E-state index is 13.1. The summed E-state index contributed by atoms with van der Waals surface area (Å²) in [7, 11) is 0. The molecule has 1 unspecified atom stereocenters. The molecule has 0 saturated heterocycles. The van der Waals surface area contributed by atoms with Crippen molar-refractivity contribution in [2.45, 2.75) is 59.1 Å². The average Bonchev–Trinajstić information content (AvgIpc) is 3.24. The van der Waals surface area contributed by atoms with Gasteiger partial charge in [-0.05, 0) is 76.8 Å². The number of nitrogens with zero attached hydrogens (tertiary/aromatic N) is 2. The number of nitrogens with one attached hydrogen (secondary N) is 1. The van der Waals surface area contributed by atoms with Crippen molar-refractivity contribution in [1.29, 1.82) is 5.26 Å². The van der Waals surface area contributed by atoms with E-state index in [4.69, 9.17) is 14.2 Å². The van der Waals surface area contributed by atoms with Gasteiger partial charge < -0.3 is 24.4 Å². The van der Waals surface area contributed by atoms with Crippen molar-refractivity contribution < 1.29 is 19.0 Å². The number of anilines is 1. The van der Waals surface area contributed by atoms with Crippen LogP contribution in [-0.4, -0.2) is 48.9 Å². The van der Waals surface area contributed by atoms with Crippen molar-refractivity contribution >= 4 is 11.8 Å². The van der Waals surface area contributed by atoms with Crippen molar-refractivity contribution in [1.82, 2.24) is 4.90 Å². The summed E-state index contributed by atoms with van der Waals surface area (Å²) >= 11 is 0. The Hall–Kier alpha value is -3.40. The van der Waals surface area contributed by atoms with Gasteiger partial charge in [-0.25, -0.2) is 4.79 Å². The summed E-state index contributed by atoms with van der Waals surface area (Å²) in [6, 6.07) is 13.7. The topological polar surface area (TPSA) is 83.8 Å². The third kappa shape index (κ3) is 6.57. The Morgan fingerprint density at radius 2 is 1.91 bits per heavy atom. The van der Waals surface area contributed by atoms with Crippen LogP contribution >= 0.6 is 0 Å². The summed E-state index contributed by atoms with van der Waals surface area (Å²) in [4.78, 5) is 14.8. The summed E-state index contributed by atoms with van der Waals surface area (Å²) in [5.74, 6) is 1.32. The normalized spacial score (nSPS) is 13.3. The minimum atomic E-state index is -0.606. The highest BCUT2D eigenvalue weighted by molar-refractivity contribution is 5.69. The second-order valence-corrected chi connectivity index (χ2v) is 9.42. The minimum Gasteiger partial charge on any atom is -0.490 e. The Morgan fingerprint density at radius 1 is 1.21 bits per heavy atom. The van der Waals surface area contributed by atoms with Gasteiger partial charge in [0.15, 0.2) is 11.5 Å². The molecule has 0 fully saturated rings. The van der Waals surface area contributed by atoms with E-state index in [9.17, 15) is 10.1 Å². The van der Waals surface area contributed by atoms with E-state index in [2.05, 4.69) is 17.5 Å². The molecule has 0 spiro atoms. The Bertz CT molecular complexity index is 1040. The average molecular weight is 466 g/mol. The van der Waals surface area contributed by atoms with Crippen LogP contribution in [-0.2, 0) is 17.6 Å². The molecule has 1 amide bonds. The molecule has 182 valence electrons. The molecular weight excluding hydrogens is 430 g/mol. The van der Waals surface area contributed by atoms with Crippen molar-refractivity contribution in [3.8, 4) is 17.6 Å². The number of carbonyl (C=O) groups is 1. The third-order valence-corrected chi connectivity index (χ3v) is 5.53. The lowest BCUT2D eigenvalue weighted by Crippen LogP contribution is -2.45. The first kappa shape index (κ1) is 25.2. The Labute approximate surface area is 202 Å². The summed E-state index contributed by atoms with van der Waals surface area (Å²) in [5.41, 5.74) is 3.16. The monoisotopic (exact) mass is 465 g/mol. The number of para-hydroxylation sites is 2. The van der Waals surface area contributed by atoms with Gasteiger partial charge in [-0.1, -0.05) is 18.2 Å². The van der Waals surface area contributed by atoms with Gasteiger partial charge in [0.1, 0.15) is 18.3 Å². The molecule has 1 N–H and O–H groups in total. The molecule has 3 rings (SSSR count). The second kappa shape index (κ2) is 11.1. The van der Waals surface area contributed by atoms with E-state index >= 15 is 0 Å². The number of hydrogen-bond donors (Lipinski definition) is 1. The fraction of sp³-hybridized carbons (Fsp3) is 0.481. The van der Waals surface area contributed by atoms with Crippen molar-refractivity contribution in [2.24, 2.45) is 0 Å². The largest absolute Gasteiger partial charge is 0.490 e. The van der Waals surface area contributed by atoms with Crippen molar-refractivity contribution in [2.75, 3.05) is 31.6 Å². The zero-order valence-electron chi connectivity index (χ0n) is 20.8. The Morgan fingerprint density at radius 3 is 2.56 bits per heavy atom. The third-order valence-electron chi connectivity index (χ3n) is 5.53. The van der Waals surface area contributed by atoms with E-state index in [1.807, 2.05) is 65.0 Å². The van der Waals surface area contributed by atoms with E-state index in [0.717, 1.165) is 29.8 Å². The van der Waals surface area contributed by atoms with Gasteiger partial charge in [0, 0.05) is 12.6 Å². The maximum absolute atomic E-state index is 13.1. The highest BCUT2D eigenvalue weighted by atomic mass is 16.6. The van der Waals surface area contributed by atoms with Crippen LogP contribution < -0.4 is 14.8 Å². The molecule has 1 heterocycles. The molecular formula is C27H35N3O4. The molecule has 1 aliphatic rings. The van der Waals surface area contributed by atoms with Gasteiger partial charge in [-0.2, -0.15) is 5.26 Å². The number of rotatable bonds is 9. The van der Waals surface area contributed by atoms with E-state index in [1.54, 1.807) is 4.90 Å². The first-order valence-electron chi connectivity index (χ1n) is 11.9. The summed E-state index contributed by atoms with van der Waals surface area (Å²) in [6.07, 6.45) is 1.12. The SMILES string of the molecule is CCOc1ccccc1OCCN(C(=O)OC(C)(C)C)C(C)Cc1cc(C#N)c2c(c1)CCN2. The molecule has 0 aliphatic carbocycles. The lowest BCUT2D eigenvalue weighted by Gasteiger charge is -2.32. The maximum Gasteiger partial charge on any atom is 0.410 e. The molecule has 2 aromatic rings. The molecule has 34 heavy (non-hydrogen) atoms. The number of amides is 1. The van der Waals surface area contributed by atoms with Crippen LogP contribution in [0.25, 0.3) is 0 Å². The summed E-state index contributed by atoms with van der Waals surface area (Å²) in [5, 5.41) is 12.9. The first-order valence-corrected chi connectivity index (χ1v) is 11.9. The fourth-order valence-electron chi connectivity index (χ4n) is 4.06. The molecule has 1 aliphatic heterocycles. The van der Waals surface area contributed by atoms with Gasteiger partial charge in [0.2, 0.25) is 0 Å². The number of nitriles is 1. The van der Waals surface area contributed by atoms with Gasteiger partial charge in [-0.15, -0.1) is 0 Å². The van der Waals surface area contributed by atoms with Crippen LogP contribution in [0.15, 0.2) is 36.4 Å². The van der Waals surface area contributed by atoms with Gasteiger partial charge in [0.05, 0.1) is 24.4 Å². The van der Waals surface area contributed by atoms with Crippen LogP contribution in [0.5, 0.6) is 11.5 Å². The molecule has 0 aromatic heterocycles. The molecule has 0 saturated carbocycles. The van der Waals surface area contributed by atoms with Gasteiger partial charge in [0.25, 0.3) is 0 Å². The predicted molar refractivity (Wildman–Crippen MR) is 133 cm³/mol. The fourth-order valence-corrected chi connectivity index (χ4v) is 4.06. The standard InChI is InChI=1S/C27H35N3O4/c1-6-32-23-9-7-8-10-24(23)33-14-13-30(26(31)34-27(3,4)5)19(2)15-20-16-21-11-12-29-25(21)22(17-20)18-28/h7-10,16-17,19,29H,6,11-15H2,1-5H3. The molecule has 0 bridgehead atoms. The van der Waals surface area contributed by atoms with Gasteiger partial charge >= 0.3 is 6.09 Å². The quantitative estimate of drug-likeness (QED) is 0.550. The highest BCUT2D eigenvalue weighted by Gasteiger charge is 2.27. The lowest BCUT2D eigenvalue weighted by atomic mass is 9.98. The smallest absolute Gasteiger partial charge is 0.410 e. The Kier molecular flexibility index (Phi) is 8.27. The van der Waals surface area contributed by atoms with E-state index < -0.39 is 5.60 Å². The molecule has 2 aromatic carbocycles. The summed E-state index contributed by atoms with van der Waals surface area (Å²) in [6.45, 7) is 11.5. The number of fused-ring (bicyclic) bond motifs is 1. The second-order valence-electron chi connectivity index (χ2n) is 9.42.